The third-order valence-corrected chi connectivity index (χ3v) is 11.4. The van der Waals surface area contributed by atoms with Crippen LogP contribution >= 0.6 is 0 Å². The molecule has 0 rings (SSSR count). The first-order valence-electron chi connectivity index (χ1n) is 25.2. The molecule has 5 heteroatoms. The van der Waals surface area contributed by atoms with Gasteiger partial charge in [0.2, 0.25) is 0 Å². The molecule has 1 unspecified atom stereocenters. The molecule has 0 heterocycles. The van der Waals surface area contributed by atoms with Crippen LogP contribution < -0.4 is 0 Å². The van der Waals surface area contributed by atoms with Crippen molar-refractivity contribution in [2.24, 2.45) is 0 Å². The van der Waals surface area contributed by atoms with Crippen LogP contribution in [0.1, 0.15) is 277 Å². The van der Waals surface area contributed by atoms with Gasteiger partial charge in [-0.05, 0) is 32.1 Å². The fourth-order valence-corrected chi connectivity index (χ4v) is 7.67. The first-order valence-corrected chi connectivity index (χ1v) is 25.2. The Morgan fingerprint density at radius 3 is 1.11 bits per heavy atom. The molecule has 0 N–H and O–H groups in total. The van der Waals surface area contributed by atoms with Crippen LogP contribution in [0, 0.1) is 0 Å². The maximum Gasteiger partial charge on any atom is 0.306 e. The first-order chi connectivity index (χ1) is 27.6. The molecule has 0 saturated carbocycles. The molecule has 5 nitrogen and oxygen atoms in total. The molecule has 0 aliphatic carbocycles. The molecule has 56 heavy (non-hydrogen) atoms. The molecule has 332 valence electrons. The SMILES string of the molecule is C=CCCCCCCCCCCCCCCOCC(COC(=O)CCCCCCCCCCCCCCC)OC(=O)CCCCCCCCCCCCCCC. The van der Waals surface area contributed by atoms with Gasteiger partial charge in [0.15, 0.2) is 6.10 Å². The summed E-state index contributed by atoms with van der Waals surface area (Å²) in [5, 5.41) is 0. The molecule has 0 aliphatic heterocycles. The van der Waals surface area contributed by atoms with E-state index in [0.29, 0.717) is 26.1 Å². The number of rotatable bonds is 48. The molecule has 0 aromatic rings. The number of ether oxygens (including phenoxy) is 3. The molecule has 0 aliphatic rings. The molecule has 1 atom stereocenters. The quantitative estimate of drug-likeness (QED) is 0.0349. The summed E-state index contributed by atoms with van der Waals surface area (Å²) >= 11 is 0. The molecule has 0 aromatic carbocycles. The van der Waals surface area contributed by atoms with Gasteiger partial charge in [0, 0.05) is 19.4 Å². The van der Waals surface area contributed by atoms with Gasteiger partial charge in [0.25, 0.3) is 0 Å². The Balaban J connectivity index is 4.19. The molecule has 0 fully saturated rings. The van der Waals surface area contributed by atoms with Crippen LogP contribution in [0.5, 0.6) is 0 Å². The highest BCUT2D eigenvalue weighted by Crippen LogP contribution is 2.16. The number of carbonyl (C=O) groups excluding carboxylic acids is 2. The van der Waals surface area contributed by atoms with Crippen molar-refractivity contribution in [3.05, 3.63) is 12.7 Å². The Bertz CT molecular complexity index is 797. The minimum Gasteiger partial charge on any atom is -0.462 e. The molecule has 0 spiro atoms. The van der Waals surface area contributed by atoms with Gasteiger partial charge in [-0.2, -0.15) is 0 Å². The van der Waals surface area contributed by atoms with Gasteiger partial charge in [0.1, 0.15) is 6.61 Å². The highest BCUT2D eigenvalue weighted by atomic mass is 16.6. The van der Waals surface area contributed by atoms with Gasteiger partial charge in [-0.3, -0.25) is 9.59 Å². The van der Waals surface area contributed by atoms with Crippen molar-refractivity contribution in [1.29, 1.82) is 0 Å². The summed E-state index contributed by atoms with van der Waals surface area (Å²) in [5.74, 6) is -0.379. The van der Waals surface area contributed by atoms with Gasteiger partial charge >= 0.3 is 11.9 Å². The summed E-state index contributed by atoms with van der Waals surface area (Å²) in [6.07, 6.45) is 52.4. The molecule has 0 aromatic heterocycles. The van der Waals surface area contributed by atoms with Crippen LogP contribution in [0.2, 0.25) is 0 Å². The smallest absolute Gasteiger partial charge is 0.306 e. The molecular formula is C51H98O5. The van der Waals surface area contributed by atoms with Crippen molar-refractivity contribution >= 4 is 11.9 Å². The lowest BCUT2D eigenvalue weighted by atomic mass is 10.0. The second-order valence-corrected chi connectivity index (χ2v) is 17.2. The predicted molar refractivity (Wildman–Crippen MR) is 242 cm³/mol. The summed E-state index contributed by atoms with van der Waals surface area (Å²) in [5.41, 5.74) is 0. The van der Waals surface area contributed by atoms with Crippen LogP contribution in [-0.4, -0.2) is 37.9 Å². The average Bonchev–Trinajstić information content (AvgIpc) is 3.20. The van der Waals surface area contributed by atoms with E-state index in [9.17, 15) is 9.59 Å². The highest BCUT2D eigenvalue weighted by molar-refractivity contribution is 5.70. The van der Waals surface area contributed by atoms with Crippen molar-refractivity contribution in [3.8, 4) is 0 Å². The van der Waals surface area contributed by atoms with Crippen molar-refractivity contribution < 1.29 is 23.8 Å². The van der Waals surface area contributed by atoms with Crippen LogP contribution in [0.3, 0.4) is 0 Å². The van der Waals surface area contributed by atoms with E-state index in [1.54, 1.807) is 0 Å². The van der Waals surface area contributed by atoms with Crippen LogP contribution in [-0.2, 0) is 23.8 Å². The molecule has 0 saturated heterocycles. The van der Waals surface area contributed by atoms with E-state index in [2.05, 4.69) is 20.4 Å². The minimum atomic E-state index is -0.526. The number of unbranched alkanes of at least 4 members (excludes halogenated alkanes) is 36. The fourth-order valence-electron chi connectivity index (χ4n) is 7.67. The van der Waals surface area contributed by atoms with E-state index in [0.717, 1.165) is 38.5 Å². The molecule has 0 bridgehead atoms. The Morgan fingerprint density at radius 1 is 0.411 bits per heavy atom. The maximum absolute atomic E-state index is 12.8. The highest BCUT2D eigenvalue weighted by Gasteiger charge is 2.17. The average molecular weight is 791 g/mol. The van der Waals surface area contributed by atoms with Crippen LogP contribution in [0.25, 0.3) is 0 Å². The van der Waals surface area contributed by atoms with E-state index in [4.69, 9.17) is 14.2 Å². The van der Waals surface area contributed by atoms with Gasteiger partial charge in [-0.1, -0.05) is 238 Å². The Hall–Kier alpha value is -1.36. The Labute approximate surface area is 350 Å². The number of hydrogen-bond donors (Lipinski definition) is 0. The third-order valence-electron chi connectivity index (χ3n) is 11.4. The zero-order valence-corrected chi connectivity index (χ0v) is 38.0. The Morgan fingerprint density at radius 2 is 0.732 bits per heavy atom. The van der Waals surface area contributed by atoms with E-state index in [1.807, 2.05) is 6.08 Å². The van der Waals surface area contributed by atoms with Crippen molar-refractivity contribution in [2.45, 2.75) is 283 Å². The fraction of sp³-hybridized carbons (Fsp3) is 0.922. The lowest BCUT2D eigenvalue weighted by Gasteiger charge is -2.18. The topological polar surface area (TPSA) is 61.8 Å². The molecule has 0 amide bonds. The third kappa shape index (κ3) is 45.3. The van der Waals surface area contributed by atoms with E-state index in [-0.39, 0.29) is 18.5 Å². The van der Waals surface area contributed by atoms with E-state index in [1.165, 1.54) is 212 Å². The standard InChI is InChI=1S/C51H98O5/c1-4-7-10-13-16-19-22-25-28-31-34-37-40-43-46-54-47-49(56-51(53)45-42-39-36-33-30-27-24-21-18-15-12-9-6-3)48-55-50(52)44-41-38-35-32-29-26-23-20-17-14-11-8-5-2/h4,49H,1,5-48H2,2-3H3. The lowest BCUT2D eigenvalue weighted by molar-refractivity contribution is -0.163. The van der Waals surface area contributed by atoms with Gasteiger partial charge < -0.3 is 14.2 Å². The van der Waals surface area contributed by atoms with E-state index < -0.39 is 6.10 Å². The van der Waals surface area contributed by atoms with Crippen LogP contribution in [0.4, 0.5) is 0 Å². The normalized spacial score (nSPS) is 11.9. The Kier molecular flexibility index (Phi) is 46.8. The molecular weight excluding hydrogens is 693 g/mol. The summed E-state index contributed by atoms with van der Waals surface area (Å²) in [6.45, 7) is 9.40. The zero-order chi connectivity index (χ0) is 40.7. The van der Waals surface area contributed by atoms with Gasteiger partial charge in [-0.25, -0.2) is 0 Å². The van der Waals surface area contributed by atoms with Gasteiger partial charge in [0.05, 0.1) is 6.61 Å². The second-order valence-electron chi connectivity index (χ2n) is 17.2. The summed E-state index contributed by atoms with van der Waals surface area (Å²) < 4.78 is 17.4. The number of hydrogen-bond acceptors (Lipinski definition) is 5. The van der Waals surface area contributed by atoms with Crippen molar-refractivity contribution in [3.63, 3.8) is 0 Å². The lowest BCUT2D eigenvalue weighted by Crippen LogP contribution is -2.30. The monoisotopic (exact) mass is 791 g/mol. The first kappa shape index (κ1) is 54.6. The predicted octanol–water partition coefficient (Wildman–Crippen LogP) is 16.7. The number of esters is 2. The largest absolute Gasteiger partial charge is 0.462 e. The number of allylic oxidation sites excluding steroid dienone is 1. The summed E-state index contributed by atoms with van der Waals surface area (Å²) in [7, 11) is 0. The number of carbonyl (C=O) groups is 2. The maximum atomic E-state index is 12.8. The van der Waals surface area contributed by atoms with Crippen molar-refractivity contribution in [1.82, 2.24) is 0 Å². The van der Waals surface area contributed by atoms with Crippen molar-refractivity contribution in [2.75, 3.05) is 19.8 Å². The summed E-state index contributed by atoms with van der Waals surface area (Å²) in [6, 6.07) is 0. The van der Waals surface area contributed by atoms with E-state index >= 15 is 0 Å². The second kappa shape index (κ2) is 48.0. The van der Waals surface area contributed by atoms with Gasteiger partial charge in [-0.15, -0.1) is 6.58 Å². The minimum absolute atomic E-state index is 0.0937. The molecule has 0 radical (unpaired) electrons. The summed E-state index contributed by atoms with van der Waals surface area (Å²) in [4.78, 5) is 25.3. The zero-order valence-electron chi connectivity index (χ0n) is 38.0. The van der Waals surface area contributed by atoms with Crippen LogP contribution in [0.15, 0.2) is 12.7 Å².